The number of ether oxygens (including phenoxy) is 1. The maximum Gasteiger partial charge on any atom is 0.224 e. The Kier molecular flexibility index (Phi) is 5.57. The van der Waals surface area contributed by atoms with Crippen LogP contribution in [0.5, 0.6) is 0 Å². The van der Waals surface area contributed by atoms with Gasteiger partial charge in [0.1, 0.15) is 5.82 Å². The summed E-state index contributed by atoms with van der Waals surface area (Å²) in [6.45, 7) is 3.76. The second-order valence-electron chi connectivity index (χ2n) is 7.48. The Bertz CT molecular complexity index is 602. The van der Waals surface area contributed by atoms with Crippen LogP contribution >= 0.6 is 0 Å². The summed E-state index contributed by atoms with van der Waals surface area (Å²) in [6.07, 6.45) is 10.8. The highest BCUT2D eigenvalue weighted by Crippen LogP contribution is 2.38. The van der Waals surface area contributed by atoms with Crippen LogP contribution < -0.4 is 10.6 Å². The molecular formula is C19H30N4O2. The molecule has 25 heavy (non-hydrogen) atoms. The molecular weight excluding hydrogens is 316 g/mol. The molecule has 2 N–H and O–H groups in total. The lowest BCUT2D eigenvalue weighted by Crippen LogP contribution is -2.45. The van der Waals surface area contributed by atoms with Gasteiger partial charge in [-0.1, -0.05) is 6.92 Å². The van der Waals surface area contributed by atoms with Crippen molar-refractivity contribution in [1.29, 1.82) is 0 Å². The smallest absolute Gasteiger partial charge is 0.224 e. The summed E-state index contributed by atoms with van der Waals surface area (Å²) in [5.74, 6) is 1.29. The number of aromatic nitrogens is 2. The number of anilines is 2. The second kappa shape index (κ2) is 7.68. The maximum atomic E-state index is 12.0. The lowest BCUT2D eigenvalue weighted by molar-refractivity contribution is 0.0681. The quantitative estimate of drug-likeness (QED) is 0.732. The van der Waals surface area contributed by atoms with Gasteiger partial charge in [0.05, 0.1) is 11.7 Å². The highest BCUT2D eigenvalue weighted by atomic mass is 16.5. The first-order valence-electron chi connectivity index (χ1n) is 9.51. The second-order valence-corrected chi connectivity index (χ2v) is 7.48. The van der Waals surface area contributed by atoms with E-state index in [-0.39, 0.29) is 11.3 Å². The van der Waals surface area contributed by atoms with Gasteiger partial charge in [0, 0.05) is 24.9 Å². The van der Waals surface area contributed by atoms with Gasteiger partial charge in [0.2, 0.25) is 5.95 Å². The fourth-order valence-electron chi connectivity index (χ4n) is 3.85. The van der Waals surface area contributed by atoms with Crippen molar-refractivity contribution < 1.29 is 9.53 Å². The van der Waals surface area contributed by atoms with Gasteiger partial charge in [-0.15, -0.1) is 0 Å². The summed E-state index contributed by atoms with van der Waals surface area (Å²) in [7, 11) is 1.78. The molecule has 0 bridgehead atoms. The van der Waals surface area contributed by atoms with E-state index in [9.17, 15) is 4.79 Å². The number of methoxy groups -OCH3 is 1. The van der Waals surface area contributed by atoms with Crippen molar-refractivity contribution in [1.82, 2.24) is 9.97 Å². The minimum absolute atomic E-state index is 0.000212. The number of nitrogens with zero attached hydrogens (tertiary/aromatic N) is 2. The van der Waals surface area contributed by atoms with Crippen LogP contribution in [0.2, 0.25) is 0 Å². The van der Waals surface area contributed by atoms with Crippen molar-refractivity contribution in [3.63, 3.8) is 0 Å². The minimum Gasteiger partial charge on any atom is -0.381 e. The number of carbonyl (C=O) groups is 1. The molecule has 0 radical (unpaired) electrons. The summed E-state index contributed by atoms with van der Waals surface area (Å²) >= 11 is 0. The molecule has 6 nitrogen and oxygen atoms in total. The SMILES string of the molecule is CCC1(Nc2nc(NC3CCC(OC)CC3)ncc2C(C)=O)CCC1. The maximum absolute atomic E-state index is 12.0. The van der Waals surface area contributed by atoms with E-state index >= 15 is 0 Å². The summed E-state index contributed by atoms with van der Waals surface area (Å²) in [5.41, 5.74) is 0.667. The number of ketones is 1. The van der Waals surface area contributed by atoms with Crippen LogP contribution in [0.15, 0.2) is 6.20 Å². The van der Waals surface area contributed by atoms with Crippen molar-refractivity contribution in [2.45, 2.75) is 82.9 Å². The van der Waals surface area contributed by atoms with Gasteiger partial charge in [-0.05, 0) is 58.3 Å². The third kappa shape index (κ3) is 4.11. The summed E-state index contributed by atoms with van der Waals surface area (Å²) in [6, 6.07) is 0.367. The average Bonchev–Trinajstić information content (AvgIpc) is 2.59. The predicted molar refractivity (Wildman–Crippen MR) is 99.2 cm³/mol. The molecule has 0 aliphatic heterocycles. The van der Waals surface area contributed by atoms with Crippen molar-refractivity contribution >= 4 is 17.5 Å². The average molecular weight is 346 g/mol. The third-order valence-electron chi connectivity index (χ3n) is 5.88. The summed E-state index contributed by atoms with van der Waals surface area (Å²) in [4.78, 5) is 21.0. The van der Waals surface area contributed by atoms with E-state index in [1.807, 2.05) is 0 Å². The molecule has 0 atom stereocenters. The van der Waals surface area contributed by atoms with Gasteiger partial charge in [-0.3, -0.25) is 4.79 Å². The molecule has 2 fully saturated rings. The first kappa shape index (κ1) is 18.1. The van der Waals surface area contributed by atoms with Crippen LogP contribution in [-0.4, -0.2) is 40.5 Å². The molecule has 0 saturated heterocycles. The van der Waals surface area contributed by atoms with Gasteiger partial charge in [0.15, 0.2) is 5.78 Å². The molecule has 3 rings (SSSR count). The van der Waals surface area contributed by atoms with Crippen LogP contribution in [0.3, 0.4) is 0 Å². The minimum atomic E-state index is 0.000212. The van der Waals surface area contributed by atoms with E-state index in [1.165, 1.54) is 6.42 Å². The van der Waals surface area contributed by atoms with Crippen LogP contribution in [0.1, 0.15) is 75.6 Å². The van der Waals surface area contributed by atoms with E-state index in [1.54, 1.807) is 20.2 Å². The zero-order chi connectivity index (χ0) is 17.9. The largest absolute Gasteiger partial charge is 0.381 e. The Morgan fingerprint density at radius 1 is 1.32 bits per heavy atom. The highest BCUT2D eigenvalue weighted by Gasteiger charge is 2.36. The van der Waals surface area contributed by atoms with Crippen LogP contribution in [-0.2, 0) is 4.74 Å². The zero-order valence-electron chi connectivity index (χ0n) is 15.6. The van der Waals surface area contributed by atoms with E-state index in [0.29, 0.717) is 29.5 Å². The van der Waals surface area contributed by atoms with E-state index in [0.717, 1.165) is 44.9 Å². The summed E-state index contributed by atoms with van der Waals surface area (Å²) < 4.78 is 5.43. The number of carbonyl (C=O) groups excluding carboxylic acids is 1. The van der Waals surface area contributed by atoms with Crippen molar-refractivity contribution in [2.24, 2.45) is 0 Å². The fourth-order valence-corrected chi connectivity index (χ4v) is 3.85. The van der Waals surface area contributed by atoms with Crippen LogP contribution in [0, 0.1) is 0 Å². The van der Waals surface area contributed by atoms with E-state index in [4.69, 9.17) is 4.74 Å². The molecule has 2 saturated carbocycles. The van der Waals surface area contributed by atoms with Gasteiger partial charge < -0.3 is 15.4 Å². The van der Waals surface area contributed by atoms with E-state index < -0.39 is 0 Å². The van der Waals surface area contributed by atoms with Gasteiger partial charge in [0.25, 0.3) is 0 Å². The lowest BCUT2D eigenvalue weighted by atomic mass is 9.75. The standard InChI is InChI=1S/C19H30N4O2/c1-4-19(10-5-11-19)23-17-16(13(2)24)12-20-18(22-17)21-14-6-8-15(25-3)9-7-14/h12,14-15H,4-11H2,1-3H3,(H2,20,21,22,23). The molecule has 0 unspecified atom stereocenters. The lowest BCUT2D eigenvalue weighted by Gasteiger charge is -2.42. The number of rotatable bonds is 7. The monoisotopic (exact) mass is 346 g/mol. The highest BCUT2D eigenvalue weighted by molar-refractivity contribution is 5.98. The Morgan fingerprint density at radius 3 is 2.56 bits per heavy atom. The number of hydrogen-bond donors (Lipinski definition) is 2. The molecule has 0 spiro atoms. The number of hydrogen-bond acceptors (Lipinski definition) is 6. The Morgan fingerprint density at radius 2 is 2.04 bits per heavy atom. The van der Waals surface area contributed by atoms with Gasteiger partial charge >= 0.3 is 0 Å². The molecule has 138 valence electrons. The molecule has 1 aromatic rings. The van der Waals surface area contributed by atoms with Crippen molar-refractivity contribution in [2.75, 3.05) is 17.7 Å². The van der Waals surface area contributed by atoms with Gasteiger partial charge in [-0.25, -0.2) is 4.98 Å². The normalized spacial score (nSPS) is 25.1. The molecule has 2 aliphatic carbocycles. The third-order valence-corrected chi connectivity index (χ3v) is 5.88. The molecule has 1 heterocycles. The van der Waals surface area contributed by atoms with E-state index in [2.05, 4.69) is 27.5 Å². The van der Waals surface area contributed by atoms with Crippen LogP contribution in [0.25, 0.3) is 0 Å². The molecule has 6 heteroatoms. The molecule has 2 aliphatic rings. The molecule has 1 aromatic heterocycles. The van der Waals surface area contributed by atoms with Crippen molar-refractivity contribution in [3.05, 3.63) is 11.8 Å². The fraction of sp³-hybridized carbons (Fsp3) is 0.737. The number of nitrogens with one attached hydrogen (secondary N) is 2. The van der Waals surface area contributed by atoms with Gasteiger partial charge in [-0.2, -0.15) is 4.98 Å². The first-order valence-corrected chi connectivity index (χ1v) is 9.51. The van der Waals surface area contributed by atoms with Crippen LogP contribution in [0.4, 0.5) is 11.8 Å². The molecule has 0 amide bonds. The topological polar surface area (TPSA) is 76.1 Å². The predicted octanol–water partition coefficient (Wildman–Crippen LogP) is 3.79. The molecule has 0 aromatic carbocycles. The summed E-state index contributed by atoms with van der Waals surface area (Å²) in [5, 5.41) is 7.00. The Balaban J connectivity index is 1.72. The Labute approximate surface area is 150 Å². The Hall–Kier alpha value is -1.69. The first-order chi connectivity index (χ1) is 12.0. The van der Waals surface area contributed by atoms with Crippen molar-refractivity contribution in [3.8, 4) is 0 Å². The zero-order valence-corrected chi connectivity index (χ0v) is 15.6. The number of Topliss-reactive ketones (excluding diaryl/α,β-unsaturated/α-hetero) is 1.